The largest absolute Gasteiger partial charge is 0.368 e. The minimum Gasteiger partial charge on any atom is -0.368 e. The number of rotatable bonds is 5. The van der Waals surface area contributed by atoms with Crippen LogP contribution in [0.2, 0.25) is 10.0 Å². The van der Waals surface area contributed by atoms with Crippen molar-refractivity contribution in [1.82, 2.24) is 10.2 Å². The van der Waals surface area contributed by atoms with Crippen molar-refractivity contribution < 1.29 is 4.79 Å². The summed E-state index contributed by atoms with van der Waals surface area (Å²) >= 11 is 11.9. The summed E-state index contributed by atoms with van der Waals surface area (Å²) in [5.74, 6) is 0.730. The highest BCUT2D eigenvalue weighted by Crippen LogP contribution is 2.25. The van der Waals surface area contributed by atoms with Crippen LogP contribution in [0.4, 0.5) is 11.5 Å². The molecule has 1 heterocycles. The van der Waals surface area contributed by atoms with Gasteiger partial charge in [0, 0.05) is 11.6 Å². The molecule has 0 saturated carbocycles. The number of aromatic nitrogens is 2. The lowest BCUT2D eigenvalue weighted by molar-refractivity contribution is 0.102. The topological polar surface area (TPSA) is 66.9 Å². The summed E-state index contributed by atoms with van der Waals surface area (Å²) < 4.78 is 0. The van der Waals surface area contributed by atoms with Gasteiger partial charge in [0.1, 0.15) is 5.82 Å². The van der Waals surface area contributed by atoms with Gasteiger partial charge in [-0.05, 0) is 36.2 Å². The monoisotopic (exact) mass is 338 g/mol. The van der Waals surface area contributed by atoms with Crippen molar-refractivity contribution in [3.8, 4) is 0 Å². The molecule has 116 valence electrons. The third-order valence-electron chi connectivity index (χ3n) is 2.77. The van der Waals surface area contributed by atoms with Crippen LogP contribution in [0.15, 0.2) is 30.3 Å². The van der Waals surface area contributed by atoms with Crippen LogP contribution in [0, 0.1) is 5.92 Å². The summed E-state index contributed by atoms with van der Waals surface area (Å²) in [7, 11) is 0. The Hall–Kier alpha value is -1.85. The van der Waals surface area contributed by atoms with Gasteiger partial charge >= 0.3 is 0 Å². The first-order valence-corrected chi connectivity index (χ1v) is 7.55. The van der Waals surface area contributed by atoms with Gasteiger partial charge in [-0.15, -0.1) is 10.2 Å². The first-order chi connectivity index (χ1) is 10.5. The molecule has 7 heteroatoms. The zero-order chi connectivity index (χ0) is 16.1. The molecule has 0 aliphatic rings. The lowest BCUT2D eigenvalue weighted by atomic mass is 10.2. The Morgan fingerprint density at radius 1 is 1.18 bits per heavy atom. The van der Waals surface area contributed by atoms with E-state index in [2.05, 4.69) is 34.7 Å². The molecule has 2 rings (SSSR count). The van der Waals surface area contributed by atoms with Crippen molar-refractivity contribution in [2.75, 3.05) is 17.2 Å². The smallest absolute Gasteiger partial charge is 0.276 e. The van der Waals surface area contributed by atoms with Crippen LogP contribution in [0.1, 0.15) is 24.3 Å². The summed E-state index contributed by atoms with van der Waals surface area (Å²) in [5, 5.41) is 14.6. The van der Waals surface area contributed by atoms with Crippen LogP contribution < -0.4 is 10.6 Å². The van der Waals surface area contributed by atoms with Gasteiger partial charge in [-0.3, -0.25) is 4.79 Å². The standard InChI is InChI=1S/C15H16Cl2N4O/c1-9(2)8-18-14-6-5-12(20-21-14)15(22)19-13-7-10(16)3-4-11(13)17/h3-7,9H,8H2,1-2H3,(H,18,21)(H,19,22). The van der Waals surface area contributed by atoms with Crippen LogP contribution in [0.5, 0.6) is 0 Å². The maximum absolute atomic E-state index is 12.1. The molecule has 1 aromatic heterocycles. The fourth-order valence-electron chi connectivity index (χ4n) is 1.64. The molecule has 0 aliphatic heterocycles. The van der Waals surface area contributed by atoms with Gasteiger partial charge in [-0.25, -0.2) is 0 Å². The van der Waals surface area contributed by atoms with E-state index in [9.17, 15) is 4.79 Å². The van der Waals surface area contributed by atoms with Crippen molar-refractivity contribution in [1.29, 1.82) is 0 Å². The summed E-state index contributed by atoms with van der Waals surface area (Å²) in [6, 6.07) is 8.15. The van der Waals surface area contributed by atoms with Crippen molar-refractivity contribution in [2.45, 2.75) is 13.8 Å². The fraction of sp³-hybridized carbons (Fsp3) is 0.267. The van der Waals surface area contributed by atoms with Crippen LogP contribution in [0.25, 0.3) is 0 Å². The second-order valence-corrected chi connectivity index (χ2v) is 6.00. The number of amides is 1. The Labute approximate surface area is 139 Å². The highest BCUT2D eigenvalue weighted by molar-refractivity contribution is 6.35. The molecule has 0 fully saturated rings. The van der Waals surface area contributed by atoms with Crippen molar-refractivity contribution in [3.05, 3.63) is 46.1 Å². The molecule has 0 saturated heterocycles. The average molecular weight is 339 g/mol. The van der Waals surface area contributed by atoms with Gasteiger partial charge in [-0.1, -0.05) is 37.0 Å². The Morgan fingerprint density at radius 3 is 2.59 bits per heavy atom. The summed E-state index contributed by atoms with van der Waals surface area (Å²) in [5.41, 5.74) is 0.633. The van der Waals surface area contributed by atoms with E-state index in [1.165, 1.54) is 0 Å². The second kappa shape index (κ2) is 7.42. The number of halogens is 2. The molecule has 2 aromatic rings. The van der Waals surface area contributed by atoms with Gasteiger partial charge in [0.15, 0.2) is 5.69 Å². The first kappa shape index (κ1) is 16.5. The van der Waals surface area contributed by atoms with E-state index in [0.29, 0.717) is 27.5 Å². The summed E-state index contributed by atoms with van der Waals surface area (Å²) in [6.45, 7) is 4.98. The van der Waals surface area contributed by atoms with E-state index in [4.69, 9.17) is 23.2 Å². The first-order valence-electron chi connectivity index (χ1n) is 6.79. The minimum atomic E-state index is -0.396. The molecule has 1 aromatic carbocycles. The molecule has 5 nitrogen and oxygen atoms in total. The zero-order valence-electron chi connectivity index (χ0n) is 12.2. The molecular weight excluding hydrogens is 323 g/mol. The van der Waals surface area contributed by atoms with E-state index < -0.39 is 5.91 Å². The maximum atomic E-state index is 12.1. The highest BCUT2D eigenvalue weighted by atomic mass is 35.5. The predicted octanol–water partition coefficient (Wildman–Crippen LogP) is 4.10. The van der Waals surface area contributed by atoms with Gasteiger partial charge in [0.25, 0.3) is 5.91 Å². The van der Waals surface area contributed by atoms with E-state index in [1.54, 1.807) is 30.3 Å². The number of nitrogens with one attached hydrogen (secondary N) is 2. The molecule has 22 heavy (non-hydrogen) atoms. The van der Waals surface area contributed by atoms with Crippen LogP contribution >= 0.6 is 23.2 Å². The number of carbonyl (C=O) groups is 1. The normalized spacial score (nSPS) is 10.6. The number of hydrogen-bond acceptors (Lipinski definition) is 4. The number of hydrogen-bond donors (Lipinski definition) is 2. The lowest BCUT2D eigenvalue weighted by Gasteiger charge is -2.09. The fourth-order valence-corrected chi connectivity index (χ4v) is 1.97. The summed E-state index contributed by atoms with van der Waals surface area (Å²) in [4.78, 5) is 12.1. The van der Waals surface area contributed by atoms with Crippen molar-refractivity contribution >= 4 is 40.6 Å². The summed E-state index contributed by atoms with van der Waals surface area (Å²) in [6.07, 6.45) is 0. The van der Waals surface area contributed by atoms with Crippen molar-refractivity contribution in [3.63, 3.8) is 0 Å². The molecule has 0 atom stereocenters. The zero-order valence-corrected chi connectivity index (χ0v) is 13.7. The molecule has 0 bridgehead atoms. The minimum absolute atomic E-state index is 0.200. The van der Waals surface area contributed by atoms with E-state index >= 15 is 0 Å². The Balaban J connectivity index is 2.05. The number of anilines is 2. The average Bonchev–Trinajstić information content (AvgIpc) is 2.49. The molecule has 0 aliphatic carbocycles. The second-order valence-electron chi connectivity index (χ2n) is 5.16. The van der Waals surface area contributed by atoms with E-state index in [-0.39, 0.29) is 5.69 Å². The van der Waals surface area contributed by atoms with Gasteiger partial charge in [-0.2, -0.15) is 0 Å². The van der Waals surface area contributed by atoms with Gasteiger partial charge in [0.05, 0.1) is 10.7 Å². The number of nitrogens with zero attached hydrogens (tertiary/aromatic N) is 2. The van der Waals surface area contributed by atoms with Crippen LogP contribution in [-0.2, 0) is 0 Å². The molecule has 2 N–H and O–H groups in total. The Bertz CT molecular complexity index is 659. The quantitative estimate of drug-likeness (QED) is 0.860. The van der Waals surface area contributed by atoms with Crippen LogP contribution in [0.3, 0.4) is 0 Å². The maximum Gasteiger partial charge on any atom is 0.276 e. The SMILES string of the molecule is CC(C)CNc1ccc(C(=O)Nc2cc(Cl)ccc2Cl)nn1. The van der Waals surface area contributed by atoms with Gasteiger partial charge in [0.2, 0.25) is 0 Å². The van der Waals surface area contributed by atoms with E-state index in [0.717, 1.165) is 6.54 Å². The molecular formula is C15H16Cl2N4O. The molecule has 0 unspecified atom stereocenters. The Morgan fingerprint density at radius 2 is 1.95 bits per heavy atom. The number of carbonyl (C=O) groups excluding carboxylic acids is 1. The van der Waals surface area contributed by atoms with Crippen LogP contribution in [-0.4, -0.2) is 22.6 Å². The Kier molecular flexibility index (Phi) is 5.57. The molecule has 1 amide bonds. The molecule has 0 radical (unpaired) electrons. The van der Waals surface area contributed by atoms with Crippen molar-refractivity contribution in [2.24, 2.45) is 5.92 Å². The molecule has 0 spiro atoms. The third kappa shape index (κ3) is 4.58. The number of benzene rings is 1. The lowest BCUT2D eigenvalue weighted by Crippen LogP contribution is -2.16. The van der Waals surface area contributed by atoms with Gasteiger partial charge < -0.3 is 10.6 Å². The van der Waals surface area contributed by atoms with E-state index in [1.807, 2.05) is 0 Å². The highest BCUT2D eigenvalue weighted by Gasteiger charge is 2.11. The predicted molar refractivity (Wildman–Crippen MR) is 89.8 cm³/mol. The third-order valence-corrected chi connectivity index (χ3v) is 3.33.